The Bertz CT molecular complexity index is 954. The molecule has 10 N–H and O–H groups in total. The average molecular weight is 510 g/mol. The number of aliphatic hydroxyl groups excluding tert-OH is 1. The SMILES string of the molecule is CC(O)C(NC(=O)C(Cc1ccccc1)NC(=O)C(N)CC(=O)O)C(=O)NC(CCC(N)=O)C(=O)O. The number of carboxylic acid groups (broad SMARTS) is 2. The maximum absolute atomic E-state index is 13.0. The second kappa shape index (κ2) is 14.4. The number of rotatable bonds is 15. The molecule has 14 heteroatoms. The highest BCUT2D eigenvalue weighted by atomic mass is 16.4. The molecule has 0 saturated heterocycles. The number of hydrogen-bond acceptors (Lipinski definition) is 8. The number of nitrogens with two attached hydrogens (primary N) is 2. The van der Waals surface area contributed by atoms with Crippen molar-refractivity contribution in [1.29, 1.82) is 0 Å². The minimum Gasteiger partial charge on any atom is -0.481 e. The normalized spacial score (nSPS) is 14.9. The van der Waals surface area contributed by atoms with E-state index in [1.165, 1.54) is 6.92 Å². The van der Waals surface area contributed by atoms with Crippen molar-refractivity contribution in [2.75, 3.05) is 0 Å². The van der Waals surface area contributed by atoms with E-state index in [-0.39, 0.29) is 19.3 Å². The van der Waals surface area contributed by atoms with Crippen LogP contribution in [-0.2, 0) is 35.2 Å². The van der Waals surface area contributed by atoms with E-state index < -0.39 is 72.3 Å². The summed E-state index contributed by atoms with van der Waals surface area (Å²) in [5.41, 5.74) is 11.2. The molecule has 5 atom stereocenters. The molecule has 36 heavy (non-hydrogen) atoms. The van der Waals surface area contributed by atoms with Gasteiger partial charge in [0.25, 0.3) is 0 Å². The fourth-order valence-corrected chi connectivity index (χ4v) is 3.08. The topological polar surface area (TPSA) is 251 Å². The Hall–Kier alpha value is -4.04. The lowest BCUT2D eigenvalue weighted by molar-refractivity contribution is -0.143. The van der Waals surface area contributed by atoms with Crippen LogP contribution in [-0.4, -0.2) is 81.2 Å². The first-order valence-electron chi connectivity index (χ1n) is 10.9. The van der Waals surface area contributed by atoms with Crippen molar-refractivity contribution in [2.45, 2.75) is 62.9 Å². The van der Waals surface area contributed by atoms with Crippen LogP contribution in [0.4, 0.5) is 0 Å². The van der Waals surface area contributed by atoms with Crippen LogP contribution >= 0.6 is 0 Å². The number of aliphatic carboxylic acids is 2. The summed E-state index contributed by atoms with van der Waals surface area (Å²) in [6, 6.07) is 2.51. The number of nitrogens with one attached hydrogen (secondary N) is 3. The van der Waals surface area contributed by atoms with Crippen molar-refractivity contribution >= 4 is 35.6 Å². The summed E-state index contributed by atoms with van der Waals surface area (Å²) in [5.74, 6) is -6.46. The smallest absolute Gasteiger partial charge is 0.326 e. The number of carboxylic acids is 2. The number of carbonyl (C=O) groups is 6. The Morgan fingerprint density at radius 3 is 1.97 bits per heavy atom. The Morgan fingerprint density at radius 2 is 1.47 bits per heavy atom. The minimum absolute atomic E-state index is 0.0668. The fraction of sp³-hybridized carbons (Fsp3) is 0.455. The molecule has 0 saturated carbocycles. The Balaban J connectivity index is 3.06. The first-order valence-corrected chi connectivity index (χ1v) is 10.9. The average Bonchev–Trinajstić information content (AvgIpc) is 2.78. The zero-order valence-electron chi connectivity index (χ0n) is 19.5. The maximum atomic E-state index is 13.0. The van der Waals surface area contributed by atoms with Gasteiger partial charge in [0.05, 0.1) is 18.6 Å². The van der Waals surface area contributed by atoms with Gasteiger partial charge in [-0.05, 0) is 18.9 Å². The molecule has 0 bridgehead atoms. The lowest BCUT2D eigenvalue weighted by atomic mass is 10.0. The monoisotopic (exact) mass is 509 g/mol. The fourth-order valence-electron chi connectivity index (χ4n) is 3.08. The highest BCUT2D eigenvalue weighted by Crippen LogP contribution is 2.06. The molecule has 0 fully saturated rings. The summed E-state index contributed by atoms with van der Waals surface area (Å²) in [4.78, 5) is 71.3. The van der Waals surface area contributed by atoms with Crippen LogP contribution in [0.25, 0.3) is 0 Å². The predicted molar refractivity (Wildman–Crippen MR) is 124 cm³/mol. The van der Waals surface area contributed by atoms with Crippen molar-refractivity contribution in [3.63, 3.8) is 0 Å². The first kappa shape index (κ1) is 30.0. The highest BCUT2D eigenvalue weighted by Gasteiger charge is 2.33. The quantitative estimate of drug-likeness (QED) is 0.121. The summed E-state index contributed by atoms with van der Waals surface area (Å²) < 4.78 is 0. The van der Waals surface area contributed by atoms with Gasteiger partial charge in [-0.1, -0.05) is 30.3 Å². The van der Waals surface area contributed by atoms with Gasteiger partial charge in [0.1, 0.15) is 18.1 Å². The third-order valence-electron chi connectivity index (χ3n) is 5.00. The summed E-state index contributed by atoms with van der Waals surface area (Å²) in [5, 5.41) is 35.0. The molecule has 0 spiro atoms. The van der Waals surface area contributed by atoms with Gasteiger partial charge in [-0.15, -0.1) is 0 Å². The van der Waals surface area contributed by atoms with E-state index in [0.717, 1.165) is 0 Å². The molecule has 0 heterocycles. The van der Waals surface area contributed by atoms with Gasteiger partial charge in [-0.25, -0.2) is 4.79 Å². The van der Waals surface area contributed by atoms with E-state index in [9.17, 15) is 39.0 Å². The number of amides is 4. The van der Waals surface area contributed by atoms with Crippen LogP contribution in [0.5, 0.6) is 0 Å². The third kappa shape index (κ3) is 10.5. The van der Waals surface area contributed by atoms with E-state index in [1.807, 2.05) is 0 Å². The lowest BCUT2D eigenvalue weighted by Gasteiger charge is -2.26. The standard InChI is InChI=1S/C22H31N5O9/c1-11(28)18(21(34)25-14(22(35)36)7-8-16(24)29)27-20(33)15(9-12-5-3-2-4-6-12)26-19(32)13(23)10-17(30)31/h2-6,11,13-15,18,28H,7-10,23H2,1H3,(H2,24,29)(H,25,34)(H,26,32)(H,27,33)(H,30,31)(H,35,36). The van der Waals surface area contributed by atoms with Gasteiger partial charge in [0.15, 0.2) is 0 Å². The van der Waals surface area contributed by atoms with Crippen LogP contribution in [0.2, 0.25) is 0 Å². The van der Waals surface area contributed by atoms with Crippen molar-refractivity contribution < 1.29 is 44.1 Å². The van der Waals surface area contributed by atoms with Gasteiger partial charge >= 0.3 is 11.9 Å². The first-order chi connectivity index (χ1) is 16.8. The molecule has 0 aliphatic heterocycles. The zero-order chi connectivity index (χ0) is 27.4. The Morgan fingerprint density at radius 1 is 0.889 bits per heavy atom. The molecule has 0 aromatic heterocycles. The van der Waals surface area contributed by atoms with Crippen molar-refractivity contribution in [3.8, 4) is 0 Å². The largest absolute Gasteiger partial charge is 0.481 e. The molecule has 0 aliphatic carbocycles. The molecular formula is C22H31N5O9. The molecule has 0 radical (unpaired) electrons. The van der Waals surface area contributed by atoms with Crippen LogP contribution in [0.1, 0.15) is 31.7 Å². The van der Waals surface area contributed by atoms with Crippen LogP contribution in [0, 0.1) is 0 Å². The molecule has 5 unspecified atom stereocenters. The van der Waals surface area contributed by atoms with Gasteiger partial charge < -0.3 is 42.7 Å². The summed E-state index contributed by atoms with van der Waals surface area (Å²) in [7, 11) is 0. The molecule has 198 valence electrons. The Kier molecular flexibility index (Phi) is 12.0. The maximum Gasteiger partial charge on any atom is 0.326 e. The summed E-state index contributed by atoms with van der Waals surface area (Å²) in [6.07, 6.45) is -2.88. The molecule has 1 rings (SSSR count). The number of hydrogen-bond donors (Lipinski definition) is 8. The van der Waals surface area contributed by atoms with E-state index in [2.05, 4.69) is 16.0 Å². The second-order valence-corrected chi connectivity index (χ2v) is 8.09. The van der Waals surface area contributed by atoms with E-state index in [4.69, 9.17) is 16.6 Å². The number of aliphatic hydroxyl groups is 1. The minimum atomic E-state index is -1.63. The molecule has 1 aromatic rings. The zero-order valence-corrected chi connectivity index (χ0v) is 19.5. The van der Waals surface area contributed by atoms with E-state index in [0.29, 0.717) is 5.56 Å². The molecule has 14 nitrogen and oxygen atoms in total. The highest BCUT2D eigenvalue weighted by molar-refractivity contribution is 5.95. The number of carbonyl (C=O) groups excluding carboxylic acids is 4. The van der Waals surface area contributed by atoms with Crippen molar-refractivity contribution in [3.05, 3.63) is 35.9 Å². The van der Waals surface area contributed by atoms with Gasteiger partial charge in [-0.2, -0.15) is 0 Å². The third-order valence-corrected chi connectivity index (χ3v) is 5.00. The van der Waals surface area contributed by atoms with Crippen LogP contribution in [0.15, 0.2) is 30.3 Å². The van der Waals surface area contributed by atoms with Gasteiger partial charge in [0.2, 0.25) is 23.6 Å². The number of primary amides is 1. The number of benzene rings is 1. The molecule has 1 aromatic carbocycles. The van der Waals surface area contributed by atoms with E-state index >= 15 is 0 Å². The second-order valence-electron chi connectivity index (χ2n) is 8.09. The van der Waals surface area contributed by atoms with E-state index in [1.54, 1.807) is 30.3 Å². The molecule has 0 aliphatic rings. The predicted octanol–water partition coefficient (Wildman–Crippen LogP) is -2.78. The lowest BCUT2D eigenvalue weighted by Crippen LogP contribution is -2.60. The molecular weight excluding hydrogens is 478 g/mol. The van der Waals surface area contributed by atoms with Crippen molar-refractivity contribution in [1.82, 2.24) is 16.0 Å². The summed E-state index contributed by atoms with van der Waals surface area (Å²) >= 11 is 0. The van der Waals surface area contributed by atoms with Crippen LogP contribution in [0.3, 0.4) is 0 Å². The summed E-state index contributed by atoms with van der Waals surface area (Å²) in [6.45, 7) is 1.18. The van der Waals surface area contributed by atoms with Crippen molar-refractivity contribution in [2.24, 2.45) is 11.5 Å². The van der Waals surface area contributed by atoms with Crippen LogP contribution < -0.4 is 27.4 Å². The molecule has 4 amide bonds. The van der Waals surface area contributed by atoms with Gasteiger partial charge in [0, 0.05) is 12.8 Å². The Labute approximate surface area is 206 Å². The van der Waals surface area contributed by atoms with Gasteiger partial charge in [-0.3, -0.25) is 24.0 Å².